The molecule has 1 N–H and O–H groups in total. The van der Waals surface area contributed by atoms with Crippen LogP contribution in [0.15, 0.2) is 84.9 Å². The summed E-state index contributed by atoms with van der Waals surface area (Å²) in [6, 6.07) is 25.9. The number of amides is 1. The molecule has 0 bridgehead atoms. The highest BCUT2D eigenvalue weighted by Crippen LogP contribution is 2.37. The lowest BCUT2D eigenvalue weighted by molar-refractivity contribution is -0.204. The van der Waals surface area contributed by atoms with E-state index in [9.17, 15) is 14.7 Å². The molecule has 7 nitrogen and oxygen atoms in total. The number of hydrogen-bond acceptors (Lipinski definition) is 5. The van der Waals surface area contributed by atoms with E-state index in [1.54, 1.807) is 35.2 Å². The standard InChI is InChI=1S/C31H30N2O5/c1-21-9-3-7-13-27(21)37-31(30(35)36,38-28-14-8-4-10-22(28)2)24-17-19-33(20-18-24)29(34)26-16-15-23-11-5-6-12-25(23)32-26/h3-16,24H,17-20H2,1-2H3,(H,35,36). The van der Waals surface area contributed by atoms with Crippen LogP contribution in [0, 0.1) is 19.8 Å². The molecule has 1 saturated heterocycles. The van der Waals surface area contributed by atoms with Crippen LogP contribution in [-0.2, 0) is 4.79 Å². The maximum atomic E-state index is 13.3. The number of carbonyl (C=O) groups is 2. The molecular weight excluding hydrogens is 480 g/mol. The third kappa shape index (κ3) is 4.92. The Bertz CT molecular complexity index is 1430. The highest BCUT2D eigenvalue weighted by molar-refractivity contribution is 5.95. The SMILES string of the molecule is Cc1ccccc1OC(Oc1ccccc1C)(C(=O)O)C1CCN(C(=O)c2ccc3ccccc3n2)CC1. The Morgan fingerprint density at radius 2 is 1.37 bits per heavy atom. The predicted molar refractivity (Wildman–Crippen MR) is 144 cm³/mol. The van der Waals surface area contributed by atoms with Crippen molar-refractivity contribution < 1.29 is 24.2 Å². The van der Waals surface area contributed by atoms with Crippen LogP contribution < -0.4 is 9.47 Å². The molecule has 1 fully saturated rings. The lowest BCUT2D eigenvalue weighted by Crippen LogP contribution is -2.59. The maximum absolute atomic E-state index is 13.3. The molecule has 0 saturated carbocycles. The van der Waals surface area contributed by atoms with Gasteiger partial charge in [-0.25, -0.2) is 9.78 Å². The molecule has 1 aliphatic heterocycles. The number of aliphatic carboxylic acids is 1. The van der Waals surface area contributed by atoms with Gasteiger partial charge in [0.1, 0.15) is 17.2 Å². The van der Waals surface area contributed by atoms with Crippen LogP contribution in [0.3, 0.4) is 0 Å². The Morgan fingerprint density at radius 3 is 1.95 bits per heavy atom. The van der Waals surface area contributed by atoms with E-state index in [1.807, 2.05) is 68.4 Å². The van der Waals surface area contributed by atoms with Gasteiger partial charge in [-0.3, -0.25) is 4.79 Å². The van der Waals surface area contributed by atoms with Crippen molar-refractivity contribution in [1.29, 1.82) is 0 Å². The number of carboxylic acids is 1. The van der Waals surface area contributed by atoms with Crippen molar-refractivity contribution in [2.24, 2.45) is 5.92 Å². The zero-order valence-electron chi connectivity index (χ0n) is 21.5. The Balaban J connectivity index is 1.42. The van der Waals surface area contributed by atoms with Gasteiger partial charge in [-0.1, -0.05) is 60.7 Å². The Kier molecular flexibility index (Phi) is 7.01. The number of nitrogens with zero attached hydrogens (tertiary/aromatic N) is 2. The number of piperidine rings is 1. The van der Waals surface area contributed by atoms with Crippen LogP contribution in [-0.4, -0.2) is 45.7 Å². The summed E-state index contributed by atoms with van der Waals surface area (Å²) in [5, 5.41) is 11.6. The molecule has 1 aliphatic rings. The number of benzene rings is 3. The predicted octanol–water partition coefficient (Wildman–Crippen LogP) is 5.64. The molecule has 194 valence electrons. The number of aromatic nitrogens is 1. The minimum atomic E-state index is -1.96. The molecule has 38 heavy (non-hydrogen) atoms. The zero-order valence-corrected chi connectivity index (χ0v) is 21.5. The lowest BCUT2D eigenvalue weighted by Gasteiger charge is -2.41. The summed E-state index contributed by atoms with van der Waals surface area (Å²) in [5.74, 6) is -2.95. The molecule has 7 heteroatoms. The highest BCUT2D eigenvalue weighted by Gasteiger charge is 2.53. The molecule has 1 amide bonds. The van der Waals surface area contributed by atoms with E-state index in [4.69, 9.17) is 9.47 Å². The van der Waals surface area contributed by atoms with E-state index in [0.717, 1.165) is 22.0 Å². The number of fused-ring (bicyclic) bond motifs is 1. The first-order valence-electron chi connectivity index (χ1n) is 12.7. The van der Waals surface area contributed by atoms with Crippen LogP contribution in [0.5, 0.6) is 11.5 Å². The Labute approximate surface area is 221 Å². The Morgan fingerprint density at radius 1 is 0.816 bits per heavy atom. The number of carbonyl (C=O) groups excluding carboxylic acids is 1. The third-order valence-electron chi connectivity index (χ3n) is 7.15. The normalized spacial score (nSPS) is 14.3. The lowest BCUT2D eigenvalue weighted by atomic mass is 9.87. The van der Waals surface area contributed by atoms with Gasteiger partial charge in [0.2, 0.25) is 0 Å². The fraction of sp³-hybridized carbons (Fsp3) is 0.258. The van der Waals surface area contributed by atoms with E-state index in [1.165, 1.54) is 0 Å². The van der Waals surface area contributed by atoms with Gasteiger partial charge in [0.05, 0.1) is 11.4 Å². The largest absolute Gasteiger partial charge is 0.475 e. The van der Waals surface area contributed by atoms with Crippen LogP contribution in [0.4, 0.5) is 0 Å². The van der Waals surface area contributed by atoms with Gasteiger partial charge in [-0.15, -0.1) is 0 Å². The fourth-order valence-electron chi connectivity index (χ4n) is 4.93. The minimum absolute atomic E-state index is 0.172. The van der Waals surface area contributed by atoms with Gasteiger partial charge >= 0.3 is 11.8 Å². The van der Waals surface area contributed by atoms with Crippen molar-refractivity contribution in [3.05, 3.63) is 102 Å². The molecule has 5 rings (SSSR count). The second-order valence-corrected chi connectivity index (χ2v) is 9.66. The van der Waals surface area contributed by atoms with Crippen molar-refractivity contribution in [1.82, 2.24) is 9.88 Å². The summed E-state index contributed by atoms with van der Waals surface area (Å²) in [4.78, 5) is 32.5. The average Bonchev–Trinajstić information content (AvgIpc) is 2.94. The number of rotatable bonds is 7. The van der Waals surface area contributed by atoms with E-state index >= 15 is 0 Å². The van der Waals surface area contributed by atoms with Crippen molar-refractivity contribution in [3.8, 4) is 11.5 Å². The van der Waals surface area contributed by atoms with Gasteiger partial charge in [0.15, 0.2) is 0 Å². The molecule has 4 aromatic rings. The first kappa shape index (κ1) is 25.3. The average molecular weight is 511 g/mol. The highest BCUT2D eigenvalue weighted by atomic mass is 16.7. The molecule has 1 aromatic heterocycles. The molecule has 0 atom stereocenters. The summed E-state index contributed by atoms with van der Waals surface area (Å²) >= 11 is 0. The number of pyridine rings is 1. The van der Waals surface area contributed by atoms with Crippen LogP contribution in [0.1, 0.15) is 34.5 Å². The smallest absolute Gasteiger partial charge is 0.390 e. The summed E-state index contributed by atoms with van der Waals surface area (Å²) in [7, 11) is 0. The number of aryl methyl sites for hydroxylation is 2. The molecule has 0 radical (unpaired) electrons. The number of para-hydroxylation sites is 3. The fourth-order valence-corrected chi connectivity index (χ4v) is 4.93. The molecule has 0 aliphatic carbocycles. The topological polar surface area (TPSA) is 89.0 Å². The number of carboxylic acid groups (broad SMARTS) is 1. The molecular formula is C31H30N2O5. The molecule has 3 aromatic carbocycles. The van der Waals surface area contributed by atoms with Gasteiger partial charge in [-0.2, -0.15) is 0 Å². The van der Waals surface area contributed by atoms with Crippen molar-refractivity contribution in [3.63, 3.8) is 0 Å². The van der Waals surface area contributed by atoms with Crippen molar-refractivity contribution in [2.75, 3.05) is 13.1 Å². The number of likely N-dealkylation sites (tertiary alicyclic amines) is 1. The summed E-state index contributed by atoms with van der Waals surface area (Å²) in [6.45, 7) is 4.46. The summed E-state index contributed by atoms with van der Waals surface area (Å²) in [6.07, 6.45) is 0.784. The van der Waals surface area contributed by atoms with Crippen LogP contribution >= 0.6 is 0 Å². The zero-order chi connectivity index (χ0) is 26.7. The van der Waals surface area contributed by atoms with Gasteiger partial charge < -0.3 is 19.5 Å². The van der Waals surface area contributed by atoms with E-state index < -0.39 is 17.7 Å². The maximum Gasteiger partial charge on any atom is 0.390 e. The van der Waals surface area contributed by atoms with Crippen LogP contribution in [0.2, 0.25) is 0 Å². The molecule has 2 heterocycles. The second kappa shape index (κ2) is 10.5. The van der Waals surface area contributed by atoms with Crippen molar-refractivity contribution in [2.45, 2.75) is 32.5 Å². The van der Waals surface area contributed by atoms with Gasteiger partial charge in [-0.05, 0) is 62.1 Å². The van der Waals surface area contributed by atoms with Gasteiger partial charge in [0, 0.05) is 18.5 Å². The summed E-state index contributed by atoms with van der Waals surface area (Å²) in [5.41, 5.74) is 2.75. The Hall–Kier alpha value is -4.39. The minimum Gasteiger partial charge on any atom is -0.475 e. The summed E-state index contributed by atoms with van der Waals surface area (Å²) < 4.78 is 12.6. The first-order chi connectivity index (χ1) is 18.4. The van der Waals surface area contributed by atoms with Gasteiger partial charge in [0.25, 0.3) is 5.91 Å². The molecule has 0 spiro atoms. The number of ether oxygens (including phenoxy) is 2. The van der Waals surface area contributed by atoms with E-state index in [-0.39, 0.29) is 5.91 Å². The quantitative estimate of drug-likeness (QED) is 0.324. The van der Waals surface area contributed by atoms with E-state index in [0.29, 0.717) is 43.1 Å². The monoisotopic (exact) mass is 510 g/mol. The van der Waals surface area contributed by atoms with E-state index in [2.05, 4.69) is 4.98 Å². The first-order valence-corrected chi connectivity index (χ1v) is 12.7. The van der Waals surface area contributed by atoms with Crippen LogP contribution in [0.25, 0.3) is 10.9 Å². The number of hydrogen-bond donors (Lipinski definition) is 1. The molecule has 0 unspecified atom stereocenters. The third-order valence-corrected chi connectivity index (χ3v) is 7.15. The van der Waals surface area contributed by atoms with Crippen molar-refractivity contribution >= 4 is 22.8 Å². The second-order valence-electron chi connectivity index (χ2n) is 9.66.